The van der Waals surface area contributed by atoms with Crippen molar-refractivity contribution in [1.82, 2.24) is 9.55 Å². The molecule has 11 heavy (non-hydrogen) atoms. The summed E-state index contributed by atoms with van der Waals surface area (Å²) in [5.41, 5.74) is 2.36. The summed E-state index contributed by atoms with van der Waals surface area (Å²) in [7, 11) is 0. The zero-order valence-corrected chi connectivity index (χ0v) is 10.5. The molecule has 1 atom stereocenters. The van der Waals surface area contributed by atoms with Gasteiger partial charge in [-0.15, -0.1) is 0 Å². The topological polar surface area (TPSA) is 17.8 Å². The molecule has 1 unspecified atom stereocenters. The zero-order chi connectivity index (χ0) is 8.85. The predicted octanol–water partition coefficient (Wildman–Crippen LogP) is 3.32. The third kappa shape index (κ3) is 3.52. The lowest BCUT2D eigenvalue weighted by Crippen LogP contribution is -1.84. The fraction of sp³-hybridized carbons (Fsp3) is 0.571. The van der Waals surface area contributed by atoms with Gasteiger partial charge in [0.15, 0.2) is 0 Å². The SMILES string of the molecule is CC.Cc1cc(C)n(PI)n1. The number of aromatic nitrogens is 2. The molecule has 4 heteroatoms. The lowest BCUT2D eigenvalue weighted by Gasteiger charge is -1.93. The second-order valence-corrected chi connectivity index (χ2v) is 3.96. The minimum absolute atomic E-state index is 0.725. The van der Waals surface area contributed by atoms with E-state index in [1.807, 2.05) is 25.2 Å². The van der Waals surface area contributed by atoms with E-state index >= 15 is 0 Å². The molecule has 0 spiro atoms. The van der Waals surface area contributed by atoms with E-state index in [0.717, 1.165) is 12.1 Å². The number of aryl methyl sites for hydroxylation is 2. The minimum atomic E-state index is 0.725. The maximum atomic E-state index is 4.25. The molecule has 64 valence electrons. The molecular formula is C7H14IN2P. The molecule has 0 fully saturated rings. The van der Waals surface area contributed by atoms with Crippen molar-refractivity contribution in [1.29, 1.82) is 0 Å². The van der Waals surface area contributed by atoms with Crippen molar-refractivity contribution < 1.29 is 0 Å². The average Bonchev–Trinajstić information content (AvgIpc) is 2.33. The van der Waals surface area contributed by atoms with Crippen LogP contribution in [0.15, 0.2) is 6.07 Å². The van der Waals surface area contributed by atoms with E-state index in [1.54, 1.807) is 0 Å². The van der Waals surface area contributed by atoms with Gasteiger partial charge in [0.25, 0.3) is 0 Å². The smallest absolute Gasteiger partial charge is 0.0680 e. The largest absolute Gasteiger partial charge is 0.242 e. The molecule has 1 heterocycles. The van der Waals surface area contributed by atoms with E-state index in [0.29, 0.717) is 0 Å². The first-order chi connectivity index (χ1) is 5.24. The third-order valence-corrected chi connectivity index (χ3v) is 3.07. The highest BCUT2D eigenvalue weighted by Gasteiger charge is 1.96. The van der Waals surface area contributed by atoms with Gasteiger partial charge in [-0.05, 0) is 42.0 Å². The lowest BCUT2D eigenvalue weighted by molar-refractivity contribution is 0.947. The summed E-state index contributed by atoms with van der Waals surface area (Å²) >= 11 is 2.32. The van der Waals surface area contributed by atoms with Gasteiger partial charge in [0.05, 0.1) is 12.1 Å². The van der Waals surface area contributed by atoms with E-state index in [-0.39, 0.29) is 0 Å². The summed E-state index contributed by atoms with van der Waals surface area (Å²) in [6, 6.07) is 2.09. The van der Waals surface area contributed by atoms with Gasteiger partial charge in [-0.25, -0.2) is 4.45 Å². The Bertz CT molecular complexity index is 210. The molecule has 0 amide bonds. The molecule has 0 aromatic carbocycles. The monoisotopic (exact) mass is 284 g/mol. The molecule has 0 aliphatic carbocycles. The van der Waals surface area contributed by atoms with E-state index in [9.17, 15) is 0 Å². The summed E-state index contributed by atoms with van der Waals surface area (Å²) in [6.07, 6.45) is 0.725. The van der Waals surface area contributed by atoms with Crippen LogP contribution in [0.3, 0.4) is 0 Å². The van der Waals surface area contributed by atoms with Crippen molar-refractivity contribution in [2.75, 3.05) is 0 Å². The van der Waals surface area contributed by atoms with Crippen LogP contribution in [0.4, 0.5) is 0 Å². The Kier molecular flexibility index (Phi) is 6.15. The Morgan fingerprint density at radius 1 is 1.45 bits per heavy atom. The summed E-state index contributed by atoms with van der Waals surface area (Å²) in [5.74, 6) is 0. The first-order valence-corrected chi connectivity index (χ1v) is 7.70. The molecule has 0 aliphatic rings. The van der Waals surface area contributed by atoms with Crippen LogP contribution < -0.4 is 0 Å². The molecule has 1 aromatic rings. The predicted molar refractivity (Wildman–Crippen MR) is 60.8 cm³/mol. The van der Waals surface area contributed by atoms with Gasteiger partial charge in [0.2, 0.25) is 0 Å². The Balaban J connectivity index is 0.000000461. The standard InChI is InChI=1S/C5H8IN2P.C2H6/c1-4-3-5(2)8(7-4)9-6;1-2/h3,9H,1-2H3;1-2H3. The van der Waals surface area contributed by atoms with Gasteiger partial charge in [0.1, 0.15) is 0 Å². The maximum Gasteiger partial charge on any atom is 0.0680 e. The molecule has 0 bridgehead atoms. The lowest BCUT2D eigenvalue weighted by atomic mass is 10.4. The van der Waals surface area contributed by atoms with Crippen molar-refractivity contribution in [3.8, 4) is 0 Å². The average molecular weight is 284 g/mol. The van der Waals surface area contributed by atoms with Crippen LogP contribution in [0.2, 0.25) is 0 Å². The number of rotatable bonds is 1. The number of halogens is 1. The normalized spacial score (nSPS) is 9.91. The Morgan fingerprint density at radius 3 is 2.18 bits per heavy atom. The highest BCUT2D eigenvalue weighted by Crippen LogP contribution is 2.24. The highest BCUT2D eigenvalue weighted by atomic mass is 127. The first-order valence-electron chi connectivity index (χ1n) is 3.64. The Morgan fingerprint density at radius 2 is 2.00 bits per heavy atom. The third-order valence-electron chi connectivity index (χ3n) is 1.09. The van der Waals surface area contributed by atoms with Crippen molar-refractivity contribution in [2.45, 2.75) is 27.7 Å². The van der Waals surface area contributed by atoms with Gasteiger partial charge in [-0.2, -0.15) is 5.10 Å². The Hall–Kier alpha value is 0.370. The van der Waals surface area contributed by atoms with E-state index in [1.165, 1.54) is 5.69 Å². The Labute approximate surface area is 83.1 Å². The second-order valence-electron chi connectivity index (χ2n) is 1.92. The summed E-state index contributed by atoms with van der Waals surface area (Å²) < 4.78 is 2.01. The first kappa shape index (κ1) is 11.4. The van der Waals surface area contributed by atoms with Gasteiger partial charge < -0.3 is 0 Å². The summed E-state index contributed by atoms with van der Waals surface area (Å²) in [6.45, 7) is 8.09. The van der Waals surface area contributed by atoms with Crippen LogP contribution in [0.1, 0.15) is 25.2 Å². The molecule has 1 rings (SSSR count). The van der Waals surface area contributed by atoms with Crippen LogP contribution in [-0.4, -0.2) is 9.55 Å². The van der Waals surface area contributed by atoms with E-state index in [4.69, 9.17) is 0 Å². The van der Waals surface area contributed by atoms with Crippen LogP contribution >= 0.6 is 28.4 Å². The number of hydrogen-bond acceptors (Lipinski definition) is 1. The van der Waals surface area contributed by atoms with Crippen LogP contribution in [-0.2, 0) is 0 Å². The molecule has 0 radical (unpaired) electrons. The van der Waals surface area contributed by atoms with Gasteiger partial charge >= 0.3 is 0 Å². The van der Waals surface area contributed by atoms with Crippen molar-refractivity contribution in [3.05, 3.63) is 17.5 Å². The molecule has 1 aromatic heterocycles. The van der Waals surface area contributed by atoms with Crippen molar-refractivity contribution >= 4 is 28.4 Å². The summed E-state index contributed by atoms with van der Waals surface area (Å²) in [4.78, 5) is 0. The molecule has 0 saturated heterocycles. The number of nitrogens with zero attached hydrogens (tertiary/aromatic N) is 2. The van der Waals surface area contributed by atoms with Crippen LogP contribution in [0, 0.1) is 13.8 Å². The molecule has 0 saturated carbocycles. The minimum Gasteiger partial charge on any atom is -0.242 e. The van der Waals surface area contributed by atoms with Crippen molar-refractivity contribution in [3.63, 3.8) is 0 Å². The quantitative estimate of drug-likeness (QED) is 0.571. The van der Waals surface area contributed by atoms with Crippen molar-refractivity contribution in [2.24, 2.45) is 0 Å². The summed E-state index contributed by atoms with van der Waals surface area (Å²) in [5, 5.41) is 4.25. The molecule has 0 aliphatic heterocycles. The fourth-order valence-electron chi connectivity index (χ4n) is 0.714. The van der Waals surface area contributed by atoms with Gasteiger partial charge in [0, 0.05) is 5.69 Å². The van der Waals surface area contributed by atoms with Crippen LogP contribution in [0.25, 0.3) is 0 Å². The number of hydrogen-bond donors (Lipinski definition) is 0. The van der Waals surface area contributed by atoms with Gasteiger partial charge in [-0.3, -0.25) is 0 Å². The fourth-order valence-corrected chi connectivity index (χ4v) is 2.57. The highest BCUT2D eigenvalue weighted by molar-refractivity contribution is 14.2. The van der Waals surface area contributed by atoms with E-state index < -0.39 is 0 Å². The molecule has 2 nitrogen and oxygen atoms in total. The van der Waals surface area contributed by atoms with Crippen LogP contribution in [0.5, 0.6) is 0 Å². The van der Waals surface area contributed by atoms with Gasteiger partial charge in [-0.1, -0.05) is 13.8 Å². The maximum absolute atomic E-state index is 4.25. The zero-order valence-electron chi connectivity index (χ0n) is 7.35. The molecule has 0 N–H and O–H groups in total. The molecular weight excluding hydrogens is 270 g/mol. The van der Waals surface area contributed by atoms with E-state index in [2.05, 4.69) is 40.1 Å². The second kappa shape index (κ2) is 5.95.